The number of benzene rings is 8. The van der Waals surface area contributed by atoms with Crippen LogP contribution in [0.2, 0.25) is 0 Å². The molecule has 56 heavy (non-hydrogen) atoms. The lowest BCUT2D eigenvalue weighted by Crippen LogP contribution is -2.00. The van der Waals surface area contributed by atoms with Crippen LogP contribution in [-0.4, -0.2) is 19.4 Å². The lowest BCUT2D eigenvalue weighted by molar-refractivity contribution is 1.07. The van der Waals surface area contributed by atoms with Crippen LogP contribution in [0, 0.1) is 0 Å². The topological polar surface area (TPSA) is 43.1 Å². The quantitative estimate of drug-likeness (QED) is 0.177. The number of aromatic nitrogens is 4. The third kappa shape index (κ3) is 4.68. The molecule has 8 aromatic carbocycles. The first-order valence-corrected chi connectivity index (χ1v) is 19.7. The summed E-state index contributed by atoms with van der Waals surface area (Å²) >= 11 is 1.87. The van der Waals surface area contributed by atoms with Gasteiger partial charge >= 0.3 is 0 Å². The van der Waals surface area contributed by atoms with Crippen molar-refractivity contribution in [2.75, 3.05) is 0 Å². The Labute approximate surface area is 326 Å². The summed E-state index contributed by atoms with van der Waals surface area (Å²) in [5.74, 6) is 1.95. The molecule has 0 saturated heterocycles. The van der Waals surface area contributed by atoms with Gasteiger partial charge in [-0.2, -0.15) is 0 Å². The van der Waals surface area contributed by atoms with Gasteiger partial charge in [0.2, 0.25) is 0 Å². The van der Waals surface area contributed by atoms with Gasteiger partial charge in [0.05, 0.1) is 16.6 Å². The molecule has 4 aromatic heterocycles. The van der Waals surface area contributed by atoms with Gasteiger partial charge in [0.1, 0.15) is 0 Å². The van der Waals surface area contributed by atoms with E-state index in [4.69, 9.17) is 15.0 Å². The van der Waals surface area contributed by atoms with E-state index in [1.807, 2.05) is 72.0 Å². The molecular formula is C51H30N4S. The van der Waals surface area contributed by atoms with Crippen LogP contribution in [-0.2, 0) is 0 Å². The van der Waals surface area contributed by atoms with E-state index in [0.29, 0.717) is 17.5 Å². The standard InChI is InChI=1S/C51H30N4S/c1-3-13-31(14-4-1)49-52-50(32-15-5-2-6-16-32)54-51(53-49)35-18-11-17-33(29-35)36-27-28-41-40-22-12-21-37(47(40)55-43-23-9-7-20-42(43)46(36)48(41)55)34-25-26-39-38-19-8-10-24-44(38)56-45(39)30-34/h1-30H. The second kappa shape index (κ2) is 12.2. The van der Waals surface area contributed by atoms with Gasteiger partial charge in [-0.3, -0.25) is 0 Å². The molecule has 260 valence electrons. The summed E-state index contributed by atoms with van der Waals surface area (Å²) in [4.78, 5) is 15.0. The van der Waals surface area contributed by atoms with Crippen LogP contribution in [0.25, 0.3) is 115 Å². The van der Waals surface area contributed by atoms with Crippen molar-refractivity contribution in [1.29, 1.82) is 0 Å². The van der Waals surface area contributed by atoms with Crippen LogP contribution in [0.5, 0.6) is 0 Å². The fourth-order valence-corrected chi connectivity index (χ4v) is 9.82. The molecule has 0 fully saturated rings. The second-order valence-corrected chi connectivity index (χ2v) is 15.5. The van der Waals surface area contributed by atoms with Gasteiger partial charge < -0.3 is 4.40 Å². The van der Waals surface area contributed by atoms with Crippen molar-refractivity contribution in [3.05, 3.63) is 182 Å². The Morgan fingerprint density at radius 2 is 0.893 bits per heavy atom. The molecule has 12 aromatic rings. The summed E-state index contributed by atoms with van der Waals surface area (Å²) < 4.78 is 5.15. The molecule has 0 N–H and O–H groups in total. The number of hydrogen-bond donors (Lipinski definition) is 0. The zero-order valence-electron chi connectivity index (χ0n) is 30.0. The first-order valence-electron chi connectivity index (χ1n) is 18.9. The molecule has 12 rings (SSSR count). The Kier molecular flexibility index (Phi) is 6.76. The third-order valence-electron chi connectivity index (χ3n) is 11.2. The third-order valence-corrected chi connectivity index (χ3v) is 12.3. The predicted molar refractivity (Wildman–Crippen MR) is 235 cm³/mol. The summed E-state index contributed by atoms with van der Waals surface area (Å²) in [6.45, 7) is 0. The summed E-state index contributed by atoms with van der Waals surface area (Å²) in [5, 5.41) is 7.65. The van der Waals surface area contributed by atoms with Gasteiger partial charge in [0, 0.05) is 64.0 Å². The first-order chi connectivity index (χ1) is 27.8. The molecule has 0 aliphatic carbocycles. The van der Waals surface area contributed by atoms with Crippen molar-refractivity contribution in [2.24, 2.45) is 0 Å². The molecule has 0 radical (unpaired) electrons. The fraction of sp³-hybridized carbons (Fsp3) is 0. The summed E-state index contributed by atoms with van der Waals surface area (Å²) in [6, 6.07) is 64.9. The van der Waals surface area contributed by atoms with Crippen LogP contribution < -0.4 is 0 Å². The number of rotatable bonds is 5. The minimum absolute atomic E-state index is 0.645. The van der Waals surface area contributed by atoms with E-state index in [9.17, 15) is 0 Å². The van der Waals surface area contributed by atoms with Crippen molar-refractivity contribution >= 4 is 69.6 Å². The van der Waals surface area contributed by atoms with Crippen LogP contribution in [0.15, 0.2) is 182 Å². The average Bonchev–Trinajstić information content (AvgIpc) is 3.94. The highest BCUT2D eigenvalue weighted by molar-refractivity contribution is 7.25. The van der Waals surface area contributed by atoms with Crippen LogP contribution >= 0.6 is 11.3 Å². The van der Waals surface area contributed by atoms with Gasteiger partial charge in [-0.15, -0.1) is 11.3 Å². The smallest absolute Gasteiger partial charge is 0.164 e. The fourth-order valence-electron chi connectivity index (χ4n) is 8.68. The van der Waals surface area contributed by atoms with Gasteiger partial charge in [-0.1, -0.05) is 158 Å². The molecule has 4 nitrogen and oxygen atoms in total. The summed E-state index contributed by atoms with van der Waals surface area (Å²) in [6.07, 6.45) is 0. The normalized spacial score (nSPS) is 11.9. The SMILES string of the molecule is c1ccc(-c2nc(-c3ccccc3)nc(-c3cccc(-c4ccc5c6cccc(-c7ccc8c(c7)sc7ccccc78)c6n6c7ccccc7c4c56)c3)n2)cc1. The molecule has 0 amide bonds. The number of hydrogen-bond acceptors (Lipinski definition) is 4. The molecule has 4 heterocycles. The Balaban J connectivity index is 1.07. The summed E-state index contributed by atoms with van der Waals surface area (Å²) in [7, 11) is 0. The van der Waals surface area contributed by atoms with E-state index in [-0.39, 0.29) is 0 Å². The monoisotopic (exact) mass is 730 g/mol. The maximum Gasteiger partial charge on any atom is 0.164 e. The minimum Gasteiger partial charge on any atom is -0.307 e. The summed E-state index contributed by atoms with van der Waals surface area (Å²) in [5.41, 5.74) is 11.3. The highest BCUT2D eigenvalue weighted by atomic mass is 32.1. The van der Waals surface area contributed by atoms with Gasteiger partial charge in [0.25, 0.3) is 0 Å². The number of thiophene rings is 1. The van der Waals surface area contributed by atoms with E-state index in [1.54, 1.807) is 0 Å². The van der Waals surface area contributed by atoms with Crippen LogP contribution in [0.3, 0.4) is 0 Å². The Bertz CT molecular complexity index is 3420. The maximum atomic E-state index is 5.05. The van der Waals surface area contributed by atoms with E-state index >= 15 is 0 Å². The Morgan fingerprint density at radius 1 is 0.339 bits per heavy atom. The molecule has 0 saturated carbocycles. The van der Waals surface area contributed by atoms with Crippen LogP contribution in [0.1, 0.15) is 0 Å². The van der Waals surface area contributed by atoms with Crippen molar-refractivity contribution in [3.63, 3.8) is 0 Å². The largest absolute Gasteiger partial charge is 0.307 e. The van der Waals surface area contributed by atoms with E-state index in [2.05, 4.69) is 126 Å². The van der Waals surface area contributed by atoms with E-state index in [1.165, 1.54) is 75.0 Å². The van der Waals surface area contributed by atoms with Crippen molar-refractivity contribution < 1.29 is 0 Å². The predicted octanol–water partition coefficient (Wildman–Crippen LogP) is 13.7. The van der Waals surface area contributed by atoms with Gasteiger partial charge in [-0.05, 0) is 41.0 Å². The van der Waals surface area contributed by atoms with E-state index in [0.717, 1.165) is 22.3 Å². The molecule has 5 heteroatoms. The highest BCUT2D eigenvalue weighted by Crippen LogP contribution is 2.47. The minimum atomic E-state index is 0.645. The lowest BCUT2D eigenvalue weighted by atomic mass is 9.95. The van der Waals surface area contributed by atoms with Crippen molar-refractivity contribution in [3.8, 4) is 56.4 Å². The molecule has 0 spiro atoms. The zero-order valence-corrected chi connectivity index (χ0v) is 30.8. The van der Waals surface area contributed by atoms with Gasteiger partial charge in [0.15, 0.2) is 17.5 Å². The molecule has 0 atom stereocenters. The lowest BCUT2D eigenvalue weighted by Gasteiger charge is -2.10. The first kappa shape index (κ1) is 31.2. The number of para-hydroxylation sites is 2. The average molecular weight is 731 g/mol. The Morgan fingerprint density at radius 3 is 1.68 bits per heavy atom. The Hall–Kier alpha value is -7.21. The highest BCUT2D eigenvalue weighted by Gasteiger charge is 2.23. The van der Waals surface area contributed by atoms with E-state index < -0.39 is 0 Å². The molecular weight excluding hydrogens is 701 g/mol. The second-order valence-electron chi connectivity index (χ2n) is 14.4. The molecule has 0 aliphatic rings. The number of nitrogens with zero attached hydrogens (tertiary/aromatic N) is 4. The van der Waals surface area contributed by atoms with Crippen molar-refractivity contribution in [2.45, 2.75) is 0 Å². The molecule has 0 unspecified atom stereocenters. The maximum absolute atomic E-state index is 5.05. The molecule has 0 aliphatic heterocycles. The van der Waals surface area contributed by atoms with Crippen molar-refractivity contribution in [1.82, 2.24) is 19.4 Å². The molecule has 0 bridgehead atoms. The number of fused-ring (bicyclic) bond motifs is 9. The van der Waals surface area contributed by atoms with Gasteiger partial charge in [-0.25, -0.2) is 15.0 Å². The zero-order chi connectivity index (χ0) is 36.7. The van der Waals surface area contributed by atoms with Crippen LogP contribution in [0.4, 0.5) is 0 Å².